The molecular formula is C12H15ClN2O. The lowest BCUT2D eigenvalue weighted by Gasteiger charge is -2.19. The van der Waals surface area contributed by atoms with Crippen molar-refractivity contribution >= 4 is 17.5 Å². The summed E-state index contributed by atoms with van der Waals surface area (Å²) in [6, 6.07) is 3.40. The molecule has 0 radical (unpaired) electrons. The van der Waals surface area contributed by atoms with Gasteiger partial charge >= 0.3 is 0 Å². The van der Waals surface area contributed by atoms with Crippen LogP contribution in [0.15, 0.2) is 18.3 Å². The highest BCUT2D eigenvalue weighted by Crippen LogP contribution is 2.13. The molecule has 86 valence electrons. The monoisotopic (exact) mass is 238 g/mol. The maximum absolute atomic E-state index is 12.1. The Balaban J connectivity index is 2.08. The van der Waals surface area contributed by atoms with Crippen molar-refractivity contribution in [2.75, 3.05) is 13.1 Å². The lowest BCUT2D eigenvalue weighted by Crippen LogP contribution is -2.32. The maximum atomic E-state index is 12.1. The van der Waals surface area contributed by atoms with Gasteiger partial charge in [0.1, 0.15) is 5.69 Å². The van der Waals surface area contributed by atoms with Crippen LogP contribution in [0.5, 0.6) is 0 Å². The summed E-state index contributed by atoms with van der Waals surface area (Å²) in [5, 5.41) is 0.562. The van der Waals surface area contributed by atoms with E-state index >= 15 is 0 Å². The summed E-state index contributed by atoms with van der Waals surface area (Å²) in [7, 11) is 0. The minimum Gasteiger partial charge on any atom is -0.337 e. The Morgan fingerprint density at radius 2 is 1.88 bits per heavy atom. The van der Waals surface area contributed by atoms with Gasteiger partial charge in [0.25, 0.3) is 5.91 Å². The van der Waals surface area contributed by atoms with Crippen molar-refractivity contribution in [2.45, 2.75) is 25.7 Å². The molecule has 2 heterocycles. The summed E-state index contributed by atoms with van der Waals surface area (Å²) in [6.07, 6.45) is 6.15. The molecule has 0 aromatic carbocycles. The third-order valence-corrected chi connectivity index (χ3v) is 3.06. The second-order valence-electron chi connectivity index (χ2n) is 4.07. The topological polar surface area (TPSA) is 33.2 Å². The van der Waals surface area contributed by atoms with Gasteiger partial charge < -0.3 is 4.90 Å². The van der Waals surface area contributed by atoms with Crippen LogP contribution < -0.4 is 0 Å². The van der Waals surface area contributed by atoms with E-state index in [0.717, 1.165) is 25.9 Å². The normalized spacial score (nSPS) is 16.9. The van der Waals surface area contributed by atoms with Crippen LogP contribution in [-0.4, -0.2) is 28.9 Å². The van der Waals surface area contributed by atoms with Crippen LogP contribution in [0.1, 0.15) is 36.2 Å². The predicted molar refractivity (Wildman–Crippen MR) is 63.6 cm³/mol. The second-order valence-corrected chi connectivity index (χ2v) is 4.50. The number of amides is 1. The molecule has 0 atom stereocenters. The Morgan fingerprint density at radius 3 is 2.44 bits per heavy atom. The average Bonchev–Trinajstić information content (AvgIpc) is 2.57. The van der Waals surface area contributed by atoms with Gasteiger partial charge in [-0.2, -0.15) is 0 Å². The molecule has 0 saturated carbocycles. The SMILES string of the molecule is O=C(c1ccc(Cl)cn1)N1CCCCCC1. The Morgan fingerprint density at radius 1 is 1.19 bits per heavy atom. The van der Waals surface area contributed by atoms with Gasteiger partial charge in [-0.25, -0.2) is 4.98 Å². The number of hydrogen-bond donors (Lipinski definition) is 0. The number of carbonyl (C=O) groups excluding carboxylic acids is 1. The fraction of sp³-hybridized carbons (Fsp3) is 0.500. The Labute approximate surface area is 100 Å². The van der Waals surface area contributed by atoms with Gasteiger partial charge in [-0.1, -0.05) is 24.4 Å². The molecule has 4 heteroatoms. The van der Waals surface area contributed by atoms with E-state index in [0.29, 0.717) is 10.7 Å². The van der Waals surface area contributed by atoms with Gasteiger partial charge in [0.05, 0.1) is 5.02 Å². The third-order valence-electron chi connectivity index (χ3n) is 2.84. The molecule has 1 aromatic heterocycles. The first-order chi connectivity index (χ1) is 7.77. The van der Waals surface area contributed by atoms with E-state index < -0.39 is 0 Å². The van der Waals surface area contributed by atoms with Gasteiger partial charge in [0.15, 0.2) is 0 Å². The summed E-state index contributed by atoms with van der Waals surface area (Å²) in [4.78, 5) is 18.0. The van der Waals surface area contributed by atoms with Crippen LogP contribution in [0.2, 0.25) is 5.02 Å². The van der Waals surface area contributed by atoms with E-state index in [1.165, 1.54) is 19.0 Å². The van der Waals surface area contributed by atoms with Crippen molar-refractivity contribution in [1.82, 2.24) is 9.88 Å². The number of carbonyl (C=O) groups is 1. The number of pyridine rings is 1. The molecular weight excluding hydrogens is 224 g/mol. The van der Waals surface area contributed by atoms with E-state index in [1.54, 1.807) is 12.1 Å². The highest BCUT2D eigenvalue weighted by Gasteiger charge is 2.17. The summed E-state index contributed by atoms with van der Waals surface area (Å²) < 4.78 is 0. The van der Waals surface area contributed by atoms with Crippen molar-refractivity contribution < 1.29 is 4.79 Å². The number of rotatable bonds is 1. The first kappa shape index (κ1) is 11.4. The Kier molecular flexibility index (Phi) is 3.78. The maximum Gasteiger partial charge on any atom is 0.272 e. The van der Waals surface area contributed by atoms with Crippen molar-refractivity contribution in [3.05, 3.63) is 29.0 Å². The van der Waals surface area contributed by atoms with Gasteiger partial charge in [-0.3, -0.25) is 4.79 Å². The first-order valence-electron chi connectivity index (χ1n) is 5.68. The van der Waals surface area contributed by atoms with Crippen molar-refractivity contribution in [2.24, 2.45) is 0 Å². The van der Waals surface area contributed by atoms with E-state index in [-0.39, 0.29) is 5.91 Å². The molecule has 2 rings (SSSR count). The first-order valence-corrected chi connectivity index (χ1v) is 6.06. The van der Waals surface area contributed by atoms with E-state index in [9.17, 15) is 4.79 Å². The predicted octanol–water partition coefficient (Wildman–Crippen LogP) is 2.75. The molecule has 16 heavy (non-hydrogen) atoms. The number of hydrogen-bond acceptors (Lipinski definition) is 2. The van der Waals surface area contributed by atoms with Crippen LogP contribution in [0.3, 0.4) is 0 Å². The van der Waals surface area contributed by atoms with E-state index in [1.807, 2.05) is 4.90 Å². The summed E-state index contributed by atoms with van der Waals surface area (Å²) >= 11 is 5.74. The summed E-state index contributed by atoms with van der Waals surface area (Å²) in [5.41, 5.74) is 0.492. The number of aromatic nitrogens is 1. The van der Waals surface area contributed by atoms with E-state index in [2.05, 4.69) is 4.98 Å². The lowest BCUT2D eigenvalue weighted by atomic mass is 10.2. The number of halogens is 1. The fourth-order valence-corrected chi connectivity index (χ4v) is 2.05. The highest BCUT2D eigenvalue weighted by molar-refractivity contribution is 6.30. The smallest absolute Gasteiger partial charge is 0.272 e. The molecule has 3 nitrogen and oxygen atoms in total. The molecule has 0 bridgehead atoms. The molecule has 0 aliphatic carbocycles. The van der Waals surface area contributed by atoms with Gasteiger partial charge in [-0.15, -0.1) is 0 Å². The zero-order valence-electron chi connectivity index (χ0n) is 9.16. The molecule has 1 amide bonds. The summed E-state index contributed by atoms with van der Waals surface area (Å²) in [5.74, 6) is 0.0265. The van der Waals surface area contributed by atoms with Crippen LogP contribution in [0.4, 0.5) is 0 Å². The quantitative estimate of drug-likeness (QED) is 0.754. The molecule has 0 N–H and O–H groups in total. The highest BCUT2D eigenvalue weighted by atomic mass is 35.5. The van der Waals surface area contributed by atoms with Crippen LogP contribution in [0.25, 0.3) is 0 Å². The van der Waals surface area contributed by atoms with Gasteiger partial charge in [0, 0.05) is 19.3 Å². The number of likely N-dealkylation sites (tertiary alicyclic amines) is 1. The molecule has 1 aliphatic heterocycles. The van der Waals surface area contributed by atoms with Crippen LogP contribution in [0, 0.1) is 0 Å². The molecule has 1 fully saturated rings. The Hall–Kier alpha value is -1.09. The zero-order valence-corrected chi connectivity index (χ0v) is 9.91. The van der Waals surface area contributed by atoms with Crippen molar-refractivity contribution in [1.29, 1.82) is 0 Å². The summed E-state index contributed by atoms with van der Waals surface area (Å²) in [6.45, 7) is 1.70. The Bertz CT molecular complexity index is 356. The van der Waals surface area contributed by atoms with Crippen molar-refractivity contribution in [3.8, 4) is 0 Å². The largest absolute Gasteiger partial charge is 0.337 e. The molecule has 1 aliphatic rings. The average molecular weight is 239 g/mol. The lowest BCUT2D eigenvalue weighted by molar-refractivity contribution is 0.0756. The van der Waals surface area contributed by atoms with Crippen LogP contribution in [-0.2, 0) is 0 Å². The third kappa shape index (κ3) is 2.73. The van der Waals surface area contributed by atoms with E-state index in [4.69, 9.17) is 11.6 Å². The van der Waals surface area contributed by atoms with Crippen molar-refractivity contribution in [3.63, 3.8) is 0 Å². The zero-order chi connectivity index (χ0) is 11.4. The standard InChI is InChI=1S/C12H15ClN2O/c13-10-5-6-11(14-9-10)12(16)15-7-3-1-2-4-8-15/h5-6,9H,1-4,7-8H2. The molecule has 0 spiro atoms. The molecule has 1 aromatic rings. The number of nitrogens with zero attached hydrogens (tertiary/aromatic N) is 2. The second kappa shape index (κ2) is 5.30. The van der Waals surface area contributed by atoms with Gasteiger partial charge in [0.2, 0.25) is 0 Å². The molecule has 1 saturated heterocycles. The minimum absolute atomic E-state index is 0.0265. The molecule has 0 unspecified atom stereocenters. The van der Waals surface area contributed by atoms with Gasteiger partial charge in [-0.05, 0) is 25.0 Å². The fourth-order valence-electron chi connectivity index (χ4n) is 1.94. The minimum atomic E-state index is 0.0265. The van der Waals surface area contributed by atoms with Crippen LogP contribution >= 0.6 is 11.6 Å².